The zero-order valence-corrected chi connectivity index (χ0v) is 18.1. The third-order valence-corrected chi connectivity index (χ3v) is 6.85. The number of amides is 1. The first kappa shape index (κ1) is 18.8. The number of aromatic nitrogens is 1. The van der Waals surface area contributed by atoms with Crippen LogP contribution in [0.2, 0.25) is 0 Å². The smallest absolute Gasteiger partial charge is 0.261 e. The first-order valence-corrected chi connectivity index (χ1v) is 11.1. The van der Waals surface area contributed by atoms with Crippen molar-refractivity contribution < 1.29 is 9.53 Å². The maximum Gasteiger partial charge on any atom is 0.261 e. The third-order valence-electron chi connectivity index (χ3n) is 4.86. The number of hydrogen-bond acceptors (Lipinski definition) is 4. The van der Waals surface area contributed by atoms with Gasteiger partial charge in [-0.1, -0.05) is 42.5 Å². The molecule has 0 radical (unpaired) electrons. The zero-order valence-electron chi connectivity index (χ0n) is 15.2. The first-order valence-electron chi connectivity index (χ1n) is 9.23. The normalized spacial score (nSPS) is 16.7. The number of aryl methyl sites for hydroxylation is 1. The summed E-state index contributed by atoms with van der Waals surface area (Å²) < 4.78 is 7.90. The summed E-state index contributed by atoms with van der Waals surface area (Å²) in [5, 5.41) is 0.756. The van der Waals surface area contributed by atoms with Gasteiger partial charge in [-0.15, -0.1) is 0 Å². The number of carbonyl (C=O) groups is 1. The first-order chi connectivity index (χ1) is 13.2. The predicted molar refractivity (Wildman–Crippen MR) is 119 cm³/mol. The van der Waals surface area contributed by atoms with Crippen molar-refractivity contribution in [3.05, 3.63) is 57.2 Å². The molecule has 1 aromatic heterocycles. The van der Waals surface area contributed by atoms with E-state index >= 15 is 0 Å². The summed E-state index contributed by atoms with van der Waals surface area (Å²) in [4.78, 5) is 20.1. The van der Waals surface area contributed by atoms with Crippen LogP contribution < -0.4 is 4.90 Å². The van der Waals surface area contributed by atoms with Crippen LogP contribution in [0.25, 0.3) is 10.2 Å². The topological polar surface area (TPSA) is 42.4 Å². The van der Waals surface area contributed by atoms with Gasteiger partial charge in [0.25, 0.3) is 5.91 Å². The van der Waals surface area contributed by atoms with Gasteiger partial charge < -0.3 is 4.74 Å². The molecular weight excluding hydrogens is 471 g/mol. The molecule has 4 rings (SSSR count). The highest BCUT2D eigenvalue weighted by Crippen LogP contribution is 2.33. The van der Waals surface area contributed by atoms with Crippen molar-refractivity contribution >= 4 is 55.2 Å². The molecule has 1 aliphatic heterocycles. The van der Waals surface area contributed by atoms with E-state index in [1.54, 1.807) is 11.3 Å². The summed E-state index contributed by atoms with van der Waals surface area (Å²) in [6.07, 6.45) is 3.04. The quantitative estimate of drug-likeness (QED) is 0.455. The molecule has 1 aliphatic rings. The number of para-hydroxylation sites is 1. The van der Waals surface area contributed by atoms with Gasteiger partial charge >= 0.3 is 0 Å². The molecule has 1 unspecified atom stereocenters. The average molecular weight is 492 g/mol. The van der Waals surface area contributed by atoms with Crippen LogP contribution in [0, 0.1) is 3.57 Å². The number of fused-ring (bicyclic) bond motifs is 1. The van der Waals surface area contributed by atoms with Crippen LogP contribution in [0.15, 0.2) is 42.5 Å². The molecule has 1 amide bonds. The maximum atomic E-state index is 13.4. The number of hydrogen-bond donors (Lipinski definition) is 0. The largest absolute Gasteiger partial charge is 0.376 e. The Balaban J connectivity index is 1.75. The van der Waals surface area contributed by atoms with Crippen LogP contribution in [-0.2, 0) is 11.2 Å². The van der Waals surface area contributed by atoms with Crippen molar-refractivity contribution in [1.82, 2.24) is 4.98 Å². The van der Waals surface area contributed by atoms with Crippen LogP contribution in [-0.4, -0.2) is 30.1 Å². The third kappa shape index (κ3) is 3.88. The molecule has 3 aromatic rings. The van der Waals surface area contributed by atoms with Crippen molar-refractivity contribution in [1.29, 1.82) is 0 Å². The lowest BCUT2D eigenvalue weighted by molar-refractivity contribution is 0.0916. The predicted octanol–water partition coefficient (Wildman–Crippen LogP) is 5.29. The molecule has 2 aromatic carbocycles. The Bertz CT molecular complexity index is 966. The minimum atomic E-state index is -0.00685. The molecule has 4 nitrogen and oxygen atoms in total. The number of benzene rings is 2. The van der Waals surface area contributed by atoms with E-state index in [2.05, 4.69) is 47.7 Å². The fourth-order valence-corrected chi connectivity index (χ4v) is 5.05. The maximum absolute atomic E-state index is 13.4. The van der Waals surface area contributed by atoms with Crippen molar-refractivity contribution in [2.24, 2.45) is 0 Å². The molecule has 0 saturated carbocycles. The second-order valence-electron chi connectivity index (χ2n) is 6.64. The van der Waals surface area contributed by atoms with Crippen LogP contribution in [0.4, 0.5) is 5.13 Å². The Labute approximate surface area is 176 Å². The highest BCUT2D eigenvalue weighted by Gasteiger charge is 2.28. The molecule has 0 aliphatic carbocycles. The minimum absolute atomic E-state index is 0.00685. The van der Waals surface area contributed by atoms with E-state index in [9.17, 15) is 4.79 Å². The summed E-state index contributed by atoms with van der Waals surface area (Å²) in [5.41, 5.74) is 2.94. The zero-order chi connectivity index (χ0) is 18.8. The molecule has 0 bridgehead atoms. The molecule has 6 heteroatoms. The molecule has 1 fully saturated rings. The number of carbonyl (C=O) groups excluding carboxylic acids is 1. The highest BCUT2D eigenvalue weighted by molar-refractivity contribution is 14.1. The van der Waals surface area contributed by atoms with Gasteiger partial charge in [0, 0.05) is 10.2 Å². The van der Waals surface area contributed by atoms with E-state index in [1.807, 2.05) is 29.2 Å². The lowest BCUT2D eigenvalue weighted by atomic mass is 10.1. The van der Waals surface area contributed by atoms with Crippen molar-refractivity contribution in [3.8, 4) is 0 Å². The van der Waals surface area contributed by atoms with Crippen LogP contribution in [0.3, 0.4) is 0 Å². The second-order valence-corrected chi connectivity index (χ2v) is 8.82. The minimum Gasteiger partial charge on any atom is -0.376 e. The Morgan fingerprint density at radius 2 is 2.15 bits per heavy atom. The highest BCUT2D eigenvalue weighted by atomic mass is 127. The Morgan fingerprint density at radius 3 is 2.89 bits per heavy atom. The molecular formula is C21H21IN2O2S. The summed E-state index contributed by atoms with van der Waals surface area (Å²) in [7, 11) is 0. The molecule has 140 valence electrons. The number of rotatable bonds is 5. The van der Waals surface area contributed by atoms with Gasteiger partial charge in [0.05, 0.1) is 28.4 Å². The lowest BCUT2D eigenvalue weighted by Gasteiger charge is -2.23. The van der Waals surface area contributed by atoms with Crippen LogP contribution in [0.1, 0.15) is 35.7 Å². The van der Waals surface area contributed by atoms with Gasteiger partial charge in [0.1, 0.15) is 0 Å². The van der Waals surface area contributed by atoms with E-state index in [0.717, 1.165) is 44.8 Å². The number of anilines is 1. The Kier molecular flexibility index (Phi) is 5.75. The summed E-state index contributed by atoms with van der Waals surface area (Å²) >= 11 is 3.81. The van der Waals surface area contributed by atoms with Crippen LogP contribution in [0.5, 0.6) is 0 Å². The standard InChI is InChI=1S/C21H21IN2O2S/c1-2-14-7-5-11-18-19(14)23-21(27-18)24(13-15-8-6-12-26-15)20(25)16-9-3-4-10-17(16)22/h3-5,7,9-11,15H,2,6,8,12-13H2,1H3. The summed E-state index contributed by atoms with van der Waals surface area (Å²) in [6, 6.07) is 14.0. The van der Waals surface area contributed by atoms with E-state index in [-0.39, 0.29) is 12.0 Å². The lowest BCUT2D eigenvalue weighted by Crippen LogP contribution is -2.37. The van der Waals surface area contributed by atoms with Crippen molar-refractivity contribution in [2.75, 3.05) is 18.1 Å². The van der Waals surface area contributed by atoms with E-state index in [0.29, 0.717) is 12.1 Å². The van der Waals surface area contributed by atoms with E-state index in [1.165, 1.54) is 5.56 Å². The Morgan fingerprint density at radius 1 is 1.30 bits per heavy atom. The fraction of sp³-hybridized carbons (Fsp3) is 0.333. The second kappa shape index (κ2) is 8.24. The monoisotopic (exact) mass is 492 g/mol. The average Bonchev–Trinajstić information content (AvgIpc) is 3.35. The van der Waals surface area contributed by atoms with Gasteiger partial charge in [-0.3, -0.25) is 9.69 Å². The number of nitrogens with zero attached hydrogens (tertiary/aromatic N) is 2. The molecule has 1 atom stereocenters. The van der Waals surface area contributed by atoms with E-state index < -0.39 is 0 Å². The number of halogens is 1. The van der Waals surface area contributed by atoms with Crippen molar-refractivity contribution in [2.45, 2.75) is 32.3 Å². The summed E-state index contributed by atoms with van der Waals surface area (Å²) in [5.74, 6) is -0.00685. The van der Waals surface area contributed by atoms with Crippen LogP contribution >= 0.6 is 33.9 Å². The van der Waals surface area contributed by atoms with E-state index in [4.69, 9.17) is 9.72 Å². The van der Waals surface area contributed by atoms with Gasteiger partial charge in [0.15, 0.2) is 5.13 Å². The molecule has 27 heavy (non-hydrogen) atoms. The van der Waals surface area contributed by atoms with Gasteiger partial charge in [-0.25, -0.2) is 4.98 Å². The van der Waals surface area contributed by atoms with Gasteiger partial charge in [-0.05, 0) is 65.6 Å². The number of ether oxygens (including phenoxy) is 1. The Hall–Kier alpha value is -1.51. The number of thiazole rings is 1. The fourth-order valence-electron chi connectivity index (χ4n) is 3.41. The molecule has 0 spiro atoms. The molecule has 0 N–H and O–H groups in total. The van der Waals surface area contributed by atoms with Crippen molar-refractivity contribution in [3.63, 3.8) is 0 Å². The summed E-state index contributed by atoms with van der Waals surface area (Å²) in [6.45, 7) is 3.45. The molecule has 2 heterocycles. The van der Waals surface area contributed by atoms with Gasteiger partial charge in [-0.2, -0.15) is 0 Å². The SMILES string of the molecule is CCc1cccc2sc(N(CC3CCCO3)C(=O)c3ccccc3I)nc12. The van der Waals surface area contributed by atoms with Gasteiger partial charge in [0.2, 0.25) is 0 Å². The molecule has 1 saturated heterocycles.